The van der Waals surface area contributed by atoms with Gasteiger partial charge in [-0.15, -0.1) is 11.3 Å². The van der Waals surface area contributed by atoms with E-state index in [9.17, 15) is 8.42 Å². The molecule has 2 aromatic rings. The summed E-state index contributed by atoms with van der Waals surface area (Å²) in [7, 11) is -3.40. The van der Waals surface area contributed by atoms with E-state index in [-0.39, 0.29) is 6.04 Å². The number of hydrogen-bond acceptors (Lipinski definition) is 3. The van der Waals surface area contributed by atoms with Gasteiger partial charge in [0, 0.05) is 11.4 Å². The molecule has 0 N–H and O–H groups in total. The number of sulfonamides is 1. The van der Waals surface area contributed by atoms with Crippen molar-refractivity contribution >= 4 is 21.4 Å². The van der Waals surface area contributed by atoms with Crippen LogP contribution in [-0.2, 0) is 22.9 Å². The lowest BCUT2D eigenvalue weighted by Crippen LogP contribution is -2.30. The van der Waals surface area contributed by atoms with E-state index >= 15 is 0 Å². The van der Waals surface area contributed by atoms with Crippen LogP contribution in [0.25, 0.3) is 0 Å². The molecule has 0 bridgehead atoms. The van der Waals surface area contributed by atoms with E-state index < -0.39 is 10.0 Å². The average molecular weight is 333 g/mol. The van der Waals surface area contributed by atoms with Crippen molar-refractivity contribution in [2.24, 2.45) is 0 Å². The molecule has 1 aliphatic carbocycles. The van der Waals surface area contributed by atoms with Gasteiger partial charge in [-0.2, -0.15) is 4.31 Å². The molecular formula is C17H19NO2S2. The summed E-state index contributed by atoms with van der Waals surface area (Å²) in [6.07, 6.45) is 5.09. The zero-order chi connectivity index (χ0) is 15.2. The van der Waals surface area contributed by atoms with Crippen molar-refractivity contribution in [2.75, 3.05) is 6.54 Å². The van der Waals surface area contributed by atoms with E-state index in [0.29, 0.717) is 11.4 Å². The fourth-order valence-electron chi connectivity index (χ4n) is 3.64. The maximum atomic E-state index is 13.1. The Morgan fingerprint density at radius 2 is 1.95 bits per heavy atom. The van der Waals surface area contributed by atoms with E-state index in [1.807, 2.05) is 29.6 Å². The lowest BCUT2D eigenvalue weighted by atomic mass is 10.1. The second kappa shape index (κ2) is 5.48. The van der Waals surface area contributed by atoms with Crippen LogP contribution in [0.2, 0.25) is 0 Å². The number of benzene rings is 1. The van der Waals surface area contributed by atoms with Crippen molar-refractivity contribution < 1.29 is 8.42 Å². The molecule has 116 valence electrons. The monoisotopic (exact) mass is 333 g/mol. The second-order valence-electron chi connectivity index (χ2n) is 6.07. The summed E-state index contributed by atoms with van der Waals surface area (Å²) in [5.74, 6) is 0. The zero-order valence-electron chi connectivity index (χ0n) is 12.4. The van der Waals surface area contributed by atoms with Crippen LogP contribution in [0.1, 0.15) is 41.3 Å². The Bertz CT molecular complexity index is 781. The number of aryl methyl sites for hydroxylation is 2. The molecule has 1 aromatic heterocycles. The summed E-state index contributed by atoms with van der Waals surface area (Å²) in [4.78, 5) is 1.62. The van der Waals surface area contributed by atoms with Gasteiger partial charge in [-0.25, -0.2) is 8.42 Å². The Balaban J connectivity index is 1.71. The normalized spacial score (nSPS) is 22.1. The number of fused-ring (bicyclic) bond motifs is 1. The Labute approximate surface area is 135 Å². The third kappa shape index (κ3) is 2.32. The molecule has 1 atom stereocenters. The van der Waals surface area contributed by atoms with E-state index in [4.69, 9.17) is 0 Å². The molecular weight excluding hydrogens is 314 g/mol. The van der Waals surface area contributed by atoms with Crippen LogP contribution in [0.15, 0.2) is 40.6 Å². The highest BCUT2D eigenvalue weighted by molar-refractivity contribution is 7.89. The standard InChI is InChI=1S/C17H19NO2S2/c19-22(20,15-9-8-13-4-1-5-14(13)12-15)18-10-2-6-16(18)17-7-3-11-21-17/h3,7-9,11-12,16H,1-2,4-6,10H2/t16-/m0/s1. The predicted molar refractivity (Wildman–Crippen MR) is 88.7 cm³/mol. The van der Waals surface area contributed by atoms with Gasteiger partial charge in [0.1, 0.15) is 0 Å². The minimum Gasteiger partial charge on any atom is -0.207 e. The van der Waals surface area contributed by atoms with E-state index in [2.05, 4.69) is 0 Å². The van der Waals surface area contributed by atoms with Crippen molar-refractivity contribution in [1.82, 2.24) is 4.31 Å². The van der Waals surface area contributed by atoms with Gasteiger partial charge < -0.3 is 0 Å². The highest BCUT2D eigenvalue weighted by atomic mass is 32.2. The van der Waals surface area contributed by atoms with Crippen molar-refractivity contribution in [3.8, 4) is 0 Å². The van der Waals surface area contributed by atoms with Crippen LogP contribution < -0.4 is 0 Å². The number of rotatable bonds is 3. The molecule has 1 fully saturated rings. The van der Waals surface area contributed by atoms with Gasteiger partial charge in [0.25, 0.3) is 0 Å². The van der Waals surface area contributed by atoms with Gasteiger partial charge in [0.2, 0.25) is 10.0 Å². The van der Waals surface area contributed by atoms with Gasteiger partial charge >= 0.3 is 0 Å². The molecule has 2 aliphatic rings. The van der Waals surface area contributed by atoms with Crippen LogP contribution in [0.3, 0.4) is 0 Å². The van der Waals surface area contributed by atoms with E-state index in [1.54, 1.807) is 21.7 Å². The maximum absolute atomic E-state index is 13.1. The first-order chi connectivity index (χ1) is 10.7. The quantitative estimate of drug-likeness (QED) is 0.857. The largest absolute Gasteiger partial charge is 0.243 e. The molecule has 2 heterocycles. The lowest BCUT2D eigenvalue weighted by molar-refractivity contribution is 0.401. The topological polar surface area (TPSA) is 37.4 Å². The first-order valence-electron chi connectivity index (χ1n) is 7.83. The Hall–Kier alpha value is -1.17. The van der Waals surface area contributed by atoms with Crippen LogP contribution >= 0.6 is 11.3 Å². The molecule has 1 aromatic carbocycles. The molecule has 0 amide bonds. The Morgan fingerprint density at radius 3 is 2.77 bits per heavy atom. The molecule has 0 spiro atoms. The first-order valence-corrected chi connectivity index (χ1v) is 10.2. The van der Waals surface area contributed by atoms with Crippen LogP contribution in [-0.4, -0.2) is 19.3 Å². The molecule has 1 saturated heterocycles. The van der Waals surface area contributed by atoms with Gasteiger partial charge in [0.05, 0.1) is 10.9 Å². The van der Waals surface area contributed by atoms with Crippen LogP contribution in [0.4, 0.5) is 0 Å². The number of thiophene rings is 1. The third-order valence-corrected chi connectivity index (χ3v) is 7.63. The smallest absolute Gasteiger partial charge is 0.207 e. The highest BCUT2D eigenvalue weighted by Gasteiger charge is 2.36. The third-order valence-electron chi connectivity index (χ3n) is 4.75. The molecule has 22 heavy (non-hydrogen) atoms. The summed E-state index contributed by atoms with van der Waals surface area (Å²) in [5.41, 5.74) is 2.53. The highest BCUT2D eigenvalue weighted by Crippen LogP contribution is 2.39. The summed E-state index contributed by atoms with van der Waals surface area (Å²) in [6.45, 7) is 0.627. The van der Waals surface area contributed by atoms with Gasteiger partial charge in [-0.3, -0.25) is 0 Å². The fraction of sp³-hybridized carbons (Fsp3) is 0.412. The summed E-state index contributed by atoms with van der Waals surface area (Å²) >= 11 is 1.65. The Morgan fingerprint density at radius 1 is 1.09 bits per heavy atom. The molecule has 5 heteroatoms. The van der Waals surface area contributed by atoms with Crippen molar-refractivity contribution in [3.63, 3.8) is 0 Å². The van der Waals surface area contributed by atoms with Crippen LogP contribution in [0.5, 0.6) is 0 Å². The van der Waals surface area contributed by atoms with Crippen LogP contribution in [0, 0.1) is 0 Å². The molecule has 4 rings (SSSR count). The number of nitrogens with zero attached hydrogens (tertiary/aromatic N) is 1. The predicted octanol–water partition coefficient (Wildman–Crippen LogP) is 3.76. The summed E-state index contributed by atoms with van der Waals surface area (Å²) in [6, 6.07) is 9.76. The second-order valence-corrected chi connectivity index (χ2v) is 8.94. The zero-order valence-corrected chi connectivity index (χ0v) is 14.0. The van der Waals surface area contributed by atoms with Crippen molar-refractivity contribution in [1.29, 1.82) is 0 Å². The molecule has 0 unspecified atom stereocenters. The van der Waals surface area contributed by atoms with Gasteiger partial charge in [-0.05, 0) is 66.8 Å². The van der Waals surface area contributed by atoms with Crippen molar-refractivity contribution in [2.45, 2.75) is 43.0 Å². The maximum Gasteiger partial charge on any atom is 0.243 e. The lowest BCUT2D eigenvalue weighted by Gasteiger charge is -2.23. The summed E-state index contributed by atoms with van der Waals surface area (Å²) < 4.78 is 27.8. The van der Waals surface area contributed by atoms with E-state index in [0.717, 1.165) is 37.0 Å². The van der Waals surface area contributed by atoms with Gasteiger partial charge in [-0.1, -0.05) is 12.1 Å². The minimum absolute atomic E-state index is 0.0123. The van der Waals surface area contributed by atoms with E-state index in [1.165, 1.54) is 11.1 Å². The fourth-order valence-corrected chi connectivity index (χ4v) is 6.30. The molecule has 0 radical (unpaired) electrons. The number of hydrogen-bond donors (Lipinski definition) is 0. The molecule has 3 nitrogen and oxygen atoms in total. The summed E-state index contributed by atoms with van der Waals surface area (Å²) in [5, 5.41) is 2.02. The molecule has 0 saturated carbocycles. The van der Waals surface area contributed by atoms with Crippen molar-refractivity contribution in [3.05, 3.63) is 51.7 Å². The minimum atomic E-state index is -3.40. The Kier molecular flexibility index (Phi) is 3.59. The van der Waals surface area contributed by atoms with Gasteiger partial charge in [0.15, 0.2) is 0 Å². The molecule has 1 aliphatic heterocycles. The first kappa shape index (κ1) is 14.4. The SMILES string of the molecule is O=S(=O)(c1ccc2c(c1)CCC2)N1CCC[C@H]1c1cccs1. The average Bonchev–Trinajstić information content (AvgIpc) is 3.25.